The van der Waals surface area contributed by atoms with Gasteiger partial charge in [-0.1, -0.05) is 23.9 Å². The molecule has 2 aromatic carbocycles. The zero-order valence-corrected chi connectivity index (χ0v) is 11.9. The summed E-state index contributed by atoms with van der Waals surface area (Å²) >= 11 is 1.31. The monoisotopic (exact) mass is 303 g/mol. The van der Waals surface area contributed by atoms with Gasteiger partial charge in [0.2, 0.25) is 0 Å². The number of nitrogens with zero attached hydrogens (tertiary/aromatic N) is 2. The van der Waals surface area contributed by atoms with Crippen molar-refractivity contribution in [3.8, 4) is 17.3 Å². The van der Waals surface area contributed by atoms with E-state index >= 15 is 0 Å². The van der Waals surface area contributed by atoms with E-state index in [0.29, 0.717) is 22.0 Å². The highest BCUT2D eigenvalue weighted by Crippen LogP contribution is 2.26. The molecule has 0 aromatic heterocycles. The molecule has 0 saturated heterocycles. The Balaban J connectivity index is 2.29. The maximum absolute atomic E-state index is 13.7. The van der Waals surface area contributed by atoms with Crippen LogP contribution in [0.3, 0.4) is 0 Å². The van der Waals surface area contributed by atoms with Crippen molar-refractivity contribution in [1.29, 1.82) is 5.26 Å². The zero-order chi connectivity index (χ0) is 15.2. The van der Waals surface area contributed by atoms with E-state index in [0.717, 1.165) is 6.07 Å². The molecule has 0 heterocycles. The van der Waals surface area contributed by atoms with Gasteiger partial charge in [0.25, 0.3) is 0 Å². The van der Waals surface area contributed by atoms with Crippen molar-refractivity contribution in [1.82, 2.24) is 5.32 Å². The second-order valence-corrected chi connectivity index (χ2v) is 4.82. The highest BCUT2D eigenvalue weighted by molar-refractivity contribution is 8.13. The first kappa shape index (κ1) is 15.0. The molecule has 106 valence electrons. The van der Waals surface area contributed by atoms with E-state index in [-0.39, 0.29) is 0 Å². The average Bonchev–Trinajstić information content (AvgIpc) is 2.48. The van der Waals surface area contributed by atoms with Gasteiger partial charge in [-0.15, -0.1) is 0 Å². The van der Waals surface area contributed by atoms with Crippen LogP contribution in [0, 0.1) is 23.1 Å². The fourth-order valence-electron chi connectivity index (χ4n) is 1.73. The van der Waals surface area contributed by atoms with Crippen LogP contribution in [0.4, 0.5) is 14.5 Å². The molecule has 0 radical (unpaired) electrons. The first-order valence-corrected chi connectivity index (χ1v) is 7.20. The van der Waals surface area contributed by atoms with Gasteiger partial charge in [0.1, 0.15) is 11.6 Å². The molecule has 0 amide bonds. The van der Waals surface area contributed by atoms with E-state index in [2.05, 4.69) is 10.3 Å². The first-order valence-electron chi connectivity index (χ1n) is 5.97. The topological polar surface area (TPSA) is 48.2 Å². The summed E-state index contributed by atoms with van der Waals surface area (Å²) in [5.74, 6) is -1.22. The lowest BCUT2D eigenvalue weighted by Gasteiger charge is -2.05. The number of hydrogen-bond donors (Lipinski definition) is 1. The van der Waals surface area contributed by atoms with Crippen molar-refractivity contribution in [3.05, 3.63) is 54.1 Å². The number of nitriles is 1. The summed E-state index contributed by atoms with van der Waals surface area (Å²) in [5, 5.41) is 11.5. The molecule has 0 unspecified atom stereocenters. The Morgan fingerprint density at radius 1 is 1.19 bits per heavy atom. The van der Waals surface area contributed by atoms with E-state index < -0.39 is 11.6 Å². The van der Waals surface area contributed by atoms with Gasteiger partial charge < -0.3 is 0 Å². The van der Waals surface area contributed by atoms with E-state index in [1.807, 2.05) is 0 Å². The molecule has 0 fully saturated rings. The van der Waals surface area contributed by atoms with Crippen LogP contribution < -0.4 is 5.32 Å². The Morgan fingerprint density at radius 3 is 2.48 bits per heavy atom. The van der Waals surface area contributed by atoms with Gasteiger partial charge in [-0.3, -0.25) is 5.32 Å². The molecule has 2 rings (SSSR count). The Morgan fingerprint density at radius 2 is 1.90 bits per heavy atom. The molecular weight excluding hydrogens is 292 g/mol. The van der Waals surface area contributed by atoms with Crippen LogP contribution in [0.5, 0.6) is 0 Å². The Hall–Kier alpha value is -2.39. The lowest BCUT2D eigenvalue weighted by molar-refractivity contribution is 0.585. The maximum atomic E-state index is 13.7. The zero-order valence-electron chi connectivity index (χ0n) is 11.1. The molecule has 3 nitrogen and oxygen atoms in total. The minimum absolute atomic E-state index is 0.326. The van der Waals surface area contributed by atoms with Gasteiger partial charge in [0.15, 0.2) is 11.4 Å². The van der Waals surface area contributed by atoms with Gasteiger partial charge in [-0.2, -0.15) is 5.26 Å². The number of nitrogens with one attached hydrogen (secondary N) is 1. The number of halogens is 2. The number of aliphatic imine (C=N–C) groups is 1. The number of amidine groups is 1. The summed E-state index contributed by atoms with van der Waals surface area (Å²) in [6.45, 7) is 0. The third kappa shape index (κ3) is 3.80. The normalized spacial score (nSPS) is 11.0. The molecule has 1 N–H and O–H groups in total. The number of thioether (sulfide) groups is 1. The summed E-state index contributed by atoms with van der Waals surface area (Å²) in [6, 6.07) is 10.3. The van der Waals surface area contributed by atoms with Crippen LogP contribution in [-0.2, 0) is 0 Å². The molecule has 0 saturated carbocycles. The number of hydrogen-bond acceptors (Lipinski definition) is 3. The van der Waals surface area contributed by atoms with Crippen LogP contribution in [0.25, 0.3) is 11.1 Å². The van der Waals surface area contributed by atoms with Crippen LogP contribution >= 0.6 is 11.8 Å². The predicted molar refractivity (Wildman–Crippen MR) is 81.2 cm³/mol. The van der Waals surface area contributed by atoms with E-state index in [9.17, 15) is 8.78 Å². The lowest BCUT2D eigenvalue weighted by Crippen LogP contribution is -2.12. The van der Waals surface area contributed by atoms with E-state index in [4.69, 9.17) is 5.26 Å². The third-order valence-corrected chi connectivity index (χ3v) is 3.28. The Bertz CT molecular complexity index is 706. The van der Waals surface area contributed by atoms with Crippen molar-refractivity contribution < 1.29 is 8.78 Å². The largest absolute Gasteiger partial charge is 0.271 e. The van der Waals surface area contributed by atoms with Crippen molar-refractivity contribution in [2.45, 2.75) is 0 Å². The lowest BCUT2D eigenvalue weighted by atomic mass is 10.0. The fourth-order valence-corrected chi connectivity index (χ4v) is 2.07. The van der Waals surface area contributed by atoms with Crippen LogP contribution in [0.15, 0.2) is 47.5 Å². The predicted octanol–water partition coefficient (Wildman–Crippen LogP) is 4.05. The Labute approximate surface area is 125 Å². The second-order valence-electron chi connectivity index (χ2n) is 4.03. The van der Waals surface area contributed by atoms with Gasteiger partial charge in [-0.05, 0) is 36.1 Å². The van der Waals surface area contributed by atoms with Gasteiger partial charge >= 0.3 is 0 Å². The number of benzene rings is 2. The van der Waals surface area contributed by atoms with Gasteiger partial charge in [-0.25, -0.2) is 13.8 Å². The Kier molecular flexibility index (Phi) is 4.90. The maximum Gasteiger partial charge on any atom is 0.183 e. The van der Waals surface area contributed by atoms with E-state index in [1.54, 1.807) is 36.7 Å². The molecular formula is C15H11F2N3S. The molecule has 0 atom stereocenters. The third-order valence-electron chi connectivity index (χ3n) is 2.70. The van der Waals surface area contributed by atoms with Crippen LogP contribution in [0.2, 0.25) is 0 Å². The van der Waals surface area contributed by atoms with Gasteiger partial charge in [0, 0.05) is 11.6 Å². The fraction of sp³-hybridized carbons (Fsp3) is 0.0667. The van der Waals surface area contributed by atoms with Crippen LogP contribution in [-0.4, -0.2) is 11.4 Å². The second kappa shape index (κ2) is 6.86. The minimum Gasteiger partial charge on any atom is -0.271 e. The molecule has 0 aliphatic heterocycles. The molecule has 0 aliphatic carbocycles. The molecule has 21 heavy (non-hydrogen) atoms. The van der Waals surface area contributed by atoms with E-state index in [1.165, 1.54) is 23.9 Å². The SMILES string of the molecule is CSC(=Nc1ccc(-c2ccc(F)cc2F)cc1)NC#N. The van der Waals surface area contributed by atoms with Crippen molar-refractivity contribution in [2.75, 3.05) is 6.26 Å². The van der Waals surface area contributed by atoms with Gasteiger partial charge in [0.05, 0.1) is 5.69 Å². The molecule has 6 heteroatoms. The van der Waals surface area contributed by atoms with Crippen molar-refractivity contribution in [3.63, 3.8) is 0 Å². The highest BCUT2D eigenvalue weighted by Gasteiger charge is 2.06. The summed E-state index contributed by atoms with van der Waals surface area (Å²) in [6.07, 6.45) is 3.60. The molecule has 0 spiro atoms. The summed E-state index contributed by atoms with van der Waals surface area (Å²) in [5.41, 5.74) is 1.59. The highest BCUT2D eigenvalue weighted by atomic mass is 32.2. The summed E-state index contributed by atoms with van der Waals surface area (Å²) < 4.78 is 26.6. The smallest absolute Gasteiger partial charge is 0.183 e. The first-order chi connectivity index (χ1) is 10.1. The molecule has 2 aromatic rings. The van der Waals surface area contributed by atoms with Crippen molar-refractivity contribution in [2.24, 2.45) is 4.99 Å². The average molecular weight is 303 g/mol. The van der Waals surface area contributed by atoms with Crippen molar-refractivity contribution >= 4 is 22.6 Å². The summed E-state index contributed by atoms with van der Waals surface area (Å²) in [4.78, 5) is 4.23. The summed E-state index contributed by atoms with van der Waals surface area (Å²) in [7, 11) is 0. The van der Waals surface area contributed by atoms with Crippen LogP contribution in [0.1, 0.15) is 0 Å². The molecule has 0 bridgehead atoms. The number of rotatable bonds is 2. The minimum atomic E-state index is -0.609. The standard InChI is InChI=1S/C15H11F2N3S/c1-21-15(19-9-18)20-12-5-2-10(3-6-12)13-7-4-11(16)8-14(13)17/h2-8H,1H3,(H,19,20). The quantitative estimate of drug-likeness (QED) is 0.394. The molecule has 0 aliphatic rings.